The molecule has 2 heterocycles. The van der Waals surface area contributed by atoms with Crippen LogP contribution in [0.4, 0.5) is 5.82 Å². The summed E-state index contributed by atoms with van der Waals surface area (Å²) in [6.45, 7) is 12.2. The number of hydrogen-bond acceptors (Lipinski definition) is 8. The quantitative estimate of drug-likeness (QED) is 0.156. The predicted molar refractivity (Wildman–Crippen MR) is 184 cm³/mol. The number of amides is 2. The van der Waals surface area contributed by atoms with Crippen LogP contribution in [0.2, 0.25) is 0 Å². The zero-order valence-electron chi connectivity index (χ0n) is 26.9. The number of benzene rings is 1. The maximum atomic E-state index is 13.5. The summed E-state index contributed by atoms with van der Waals surface area (Å²) in [4.78, 5) is 38.9. The number of rotatable bonds is 14. The molecule has 0 unspecified atom stereocenters. The summed E-state index contributed by atoms with van der Waals surface area (Å²) in [5.74, 6) is 1.17. The Hall–Kier alpha value is -4.67. The molecule has 1 N–H and O–H groups in total. The van der Waals surface area contributed by atoms with Crippen molar-refractivity contribution in [3.8, 4) is 5.75 Å². The van der Waals surface area contributed by atoms with Crippen molar-refractivity contribution in [1.82, 2.24) is 19.8 Å². The molecule has 1 saturated carbocycles. The minimum absolute atomic E-state index is 0. The fourth-order valence-electron chi connectivity index (χ4n) is 4.85. The maximum absolute atomic E-state index is 13.5. The Bertz CT molecular complexity index is 1670. The fraction of sp³-hybridized carbons (Fsp3) is 0.353. The van der Waals surface area contributed by atoms with E-state index in [1.807, 2.05) is 62.4 Å². The van der Waals surface area contributed by atoms with Crippen LogP contribution in [-0.4, -0.2) is 64.5 Å². The number of ether oxygens (including phenoxy) is 1. The number of carbonyl (C=O) groups excluding carboxylic acids is 2. The van der Waals surface area contributed by atoms with Crippen LogP contribution in [0.15, 0.2) is 70.7 Å². The predicted octanol–water partition coefficient (Wildman–Crippen LogP) is 6.05. The van der Waals surface area contributed by atoms with Crippen molar-refractivity contribution in [3.63, 3.8) is 0 Å². The summed E-state index contributed by atoms with van der Waals surface area (Å²) >= 11 is 5.97. The van der Waals surface area contributed by atoms with Gasteiger partial charge in [-0.3, -0.25) is 26.0 Å². The van der Waals surface area contributed by atoms with Gasteiger partial charge in [-0.2, -0.15) is 6.92 Å². The zero-order valence-corrected chi connectivity index (χ0v) is 30.7. The first kappa shape index (κ1) is 35.8. The molecule has 255 valence electrons. The van der Waals surface area contributed by atoms with Gasteiger partial charge in [0, 0.05) is 44.4 Å². The molecule has 1 radical (unpaired) electrons. The molecule has 46 heavy (non-hydrogen) atoms. The van der Waals surface area contributed by atoms with Gasteiger partial charge in [-0.25, -0.2) is 11.5 Å². The molecule has 0 aliphatic heterocycles. The van der Waals surface area contributed by atoms with E-state index in [2.05, 4.69) is 34.4 Å². The molecular weight excluding hydrogens is 867 g/mol. The van der Waals surface area contributed by atoms with Crippen molar-refractivity contribution < 1.29 is 14.3 Å². The average Bonchev–Trinajstić information content (AvgIpc) is 3.88. The SMILES string of the molecule is C=CC(=O)N([CH-]C)CCN([CH2-])C[C@@H](Oc1cc(C)c(C(=O)Nc2ncccc2C)cc1[S@](C)(=S)=NC)c1ccc(C2CC2)cn1.[Lr]. The van der Waals surface area contributed by atoms with Crippen LogP contribution >= 0.6 is 0 Å². The molecule has 2 aromatic heterocycles. The maximum Gasteiger partial charge on any atom is 0.257 e. The fourth-order valence-corrected chi connectivity index (χ4v) is 6.26. The van der Waals surface area contributed by atoms with Crippen molar-refractivity contribution in [2.75, 3.05) is 38.3 Å². The van der Waals surface area contributed by atoms with Crippen LogP contribution in [0, 0.1) is 27.4 Å². The third-order valence-corrected chi connectivity index (χ3v) is 10.7. The molecule has 1 aromatic carbocycles. The minimum Gasteiger partial charge on any atom is -0.489 e. The molecule has 1 fully saturated rings. The Morgan fingerprint density at radius 2 is 1.98 bits per heavy atom. The van der Waals surface area contributed by atoms with Gasteiger partial charge in [-0.15, -0.1) is 0 Å². The summed E-state index contributed by atoms with van der Waals surface area (Å²) in [5.41, 5.74) is 4.03. The monoisotopic (exact) mass is 908 g/mol. The Morgan fingerprint density at radius 3 is 2.57 bits per heavy atom. The van der Waals surface area contributed by atoms with Crippen molar-refractivity contribution in [3.05, 3.63) is 103 Å². The van der Waals surface area contributed by atoms with E-state index in [0.29, 0.717) is 47.6 Å². The molecule has 1 aliphatic carbocycles. The molecule has 3 aromatic rings. The Kier molecular flexibility index (Phi) is 12.1. The number of hydrogen-bond donors (Lipinski definition) is 1. The number of aryl methyl sites for hydroxylation is 2. The average molecular weight is 909 g/mol. The third-order valence-electron chi connectivity index (χ3n) is 7.84. The van der Waals surface area contributed by atoms with E-state index >= 15 is 0 Å². The standard InChI is InChI=1S/C34H42N6O3S2.Lr/c1-8-32(41)40(9-2)18-17-39(6)22-30(28-15-14-26(21-37-28)25-12-13-25)43-29-19-24(4)27(20-31(29)45(7,44)35-5)34(42)38-33-23(3)11-10-16-36-33;/h8-11,14-16,19-21,25,30H,1,6,12-13,17-18,22H2,2-5,7H3,(H,36,38,42);/q-2;/t30-,45+;/m1./s1. The van der Waals surface area contributed by atoms with Crippen molar-refractivity contribution in [2.45, 2.75) is 50.5 Å². The van der Waals surface area contributed by atoms with E-state index in [1.54, 1.807) is 30.8 Å². The van der Waals surface area contributed by atoms with Crippen molar-refractivity contribution in [2.24, 2.45) is 4.36 Å². The molecule has 1 aliphatic rings. The summed E-state index contributed by atoms with van der Waals surface area (Å²) in [6, 6.07) is 11.5. The zero-order chi connectivity index (χ0) is 32.7. The first-order chi connectivity index (χ1) is 21.5. The van der Waals surface area contributed by atoms with Crippen LogP contribution in [0.3, 0.4) is 0 Å². The summed E-state index contributed by atoms with van der Waals surface area (Å²) < 4.78 is 11.3. The summed E-state index contributed by atoms with van der Waals surface area (Å²) in [5, 5.41) is 2.93. The van der Waals surface area contributed by atoms with Crippen molar-refractivity contribution in [1.29, 1.82) is 0 Å². The van der Waals surface area contributed by atoms with Gasteiger partial charge >= 0.3 is 0 Å². The molecule has 0 bridgehead atoms. The van der Waals surface area contributed by atoms with Gasteiger partial charge in [-0.1, -0.05) is 18.7 Å². The largest absolute Gasteiger partial charge is 0.489 e. The second-order valence-electron chi connectivity index (χ2n) is 11.2. The number of anilines is 1. The Labute approximate surface area is 272 Å². The summed E-state index contributed by atoms with van der Waals surface area (Å²) in [6.07, 6.45) is 8.61. The van der Waals surface area contributed by atoms with Gasteiger partial charge in [0.2, 0.25) is 5.91 Å². The first-order valence-corrected chi connectivity index (χ1v) is 17.8. The summed E-state index contributed by atoms with van der Waals surface area (Å²) in [7, 11) is 3.82. The second-order valence-corrected chi connectivity index (χ2v) is 15.5. The van der Waals surface area contributed by atoms with Crippen LogP contribution in [0.25, 0.3) is 0 Å². The van der Waals surface area contributed by atoms with E-state index in [9.17, 15) is 9.59 Å². The molecule has 4 rings (SSSR count). The third kappa shape index (κ3) is 8.74. The molecule has 9 nitrogen and oxygen atoms in total. The molecule has 0 saturated heterocycles. The number of nitrogens with zero attached hydrogens (tertiary/aromatic N) is 5. The van der Waals surface area contributed by atoms with E-state index in [-0.39, 0.29) is 11.8 Å². The Morgan fingerprint density at radius 1 is 1.24 bits per heavy atom. The first-order valence-electron chi connectivity index (χ1n) is 14.9. The number of carbonyl (C=O) groups is 2. The number of nitrogens with one attached hydrogen (secondary N) is 1. The topological polar surface area (TPSA) is 100 Å². The van der Waals surface area contributed by atoms with Gasteiger partial charge in [0.15, 0.2) is 6.10 Å². The number of pyridine rings is 2. The van der Waals surface area contributed by atoms with Crippen LogP contribution < -0.4 is 10.1 Å². The van der Waals surface area contributed by atoms with Crippen LogP contribution in [-0.2, 0) is 24.4 Å². The van der Waals surface area contributed by atoms with E-state index in [0.717, 1.165) is 16.8 Å². The van der Waals surface area contributed by atoms with Crippen LogP contribution in [0.1, 0.15) is 64.5 Å². The van der Waals surface area contributed by atoms with E-state index in [1.165, 1.54) is 24.5 Å². The van der Waals surface area contributed by atoms with Crippen LogP contribution in [0.5, 0.6) is 5.75 Å². The molecule has 2 atom stereocenters. The normalized spacial score (nSPS) is 14.4. The van der Waals surface area contributed by atoms with Gasteiger partial charge in [0.05, 0.1) is 10.6 Å². The minimum atomic E-state index is -2.11. The number of aromatic nitrogens is 2. The molecule has 2 amide bonds. The smallest absolute Gasteiger partial charge is 0.257 e. The second kappa shape index (κ2) is 15.6. The van der Waals surface area contributed by atoms with Gasteiger partial charge < -0.3 is 19.9 Å². The molecule has 12 heteroatoms. The van der Waals surface area contributed by atoms with Gasteiger partial charge in [0.25, 0.3) is 5.91 Å². The Balaban J connectivity index is 0.00000576. The van der Waals surface area contributed by atoms with Gasteiger partial charge in [-0.05, 0) is 106 Å². The van der Waals surface area contributed by atoms with E-state index < -0.39 is 14.5 Å². The van der Waals surface area contributed by atoms with Gasteiger partial charge in [0.1, 0.15) is 11.6 Å². The molecular formula is C34H42LrN6O3S2-2. The van der Waals surface area contributed by atoms with E-state index in [4.69, 9.17) is 20.9 Å². The van der Waals surface area contributed by atoms with Crippen molar-refractivity contribution >= 4 is 37.2 Å². The molecule has 0 spiro atoms.